The minimum Gasteiger partial charge on any atom is -0.397 e. The lowest BCUT2D eigenvalue weighted by molar-refractivity contribution is -0.384. The van der Waals surface area contributed by atoms with E-state index in [-0.39, 0.29) is 28.5 Å². The smallest absolute Gasteiger partial charge is 0.271 e. The monoisotopic (exact) mass is 326 g/mol. The Morgan fingerprint density at radius 3 is 2.86 bits per heavy atom. The third-order valence-electron chi connectivity index (χ3n) is 2.82. The van der Waals surface area contributed by atoms with E-state index in [1.54, 1.807) is 5.51 Å². The first-order chi connectivity index (χ1) is 9.90. The molecule has 0 radical (unpaired) electrons. The Labute approximate surface area is 128 Å². The third-order valence-corrected chi connectivity index (χ3v) is 4.07. The predicted octanol–water partition coefficient (Wildman–Crippen LogP) is 2.53. The van der Waals surface area contributed by atoms with Crippen LogP contribution in [0.3, 0.4) is 0 Å². The van der Waals surface area contributed by atoms with Crippen LogP contribution in [0.25, 0.3) is 0 Å². The van der Waals surface area contributed by atoms with Crippen molar-refractivity contribution in [2.45, 2.75) is 13.5 Å². The maximum Gasteiger partial charge on any atom is 0.271 e. The van der Waals surface area contributed by atoms with E-state index < -0.39 is 10.8 Å². The number of carbonyl (C=O) groups excluding carboxylic acids is 1. The molecule has 1 aromatic carbocycles. The molecule has 3 N–H and O–H groups in total. The number of hydrogen-bond donors (Lipinski definition) is 2. The van der Waals surface area contributed by atoms with Gasteiger partial charge in [0, 0.05) is 17.0 Å². The summed E-state index contributed by atoms with van der Waals surface area (Å²) in [5.41, 5.74) is 7.92. The number of aryl methyl sites for hydroxylation is 1. The van der Waals surface area contributed by atoms with Gasteiger partial charge in [0.2, 0.25) is 0 Å². The molecule has 1 heterocycles. The number of anilines is 1. The number of amides is 1. The first-order valence-corrected chi connectivity index (χ1v) is 7.06. The average molecular weight is 327 g/mol. The number of benzene rings is 1. The average Bonchev–Trinajstić information content (AvgIpc) is 2.84. The van der Waals surface area contributed by atoms with Gasteiger partial charge in [0.1, 0.15) is 0 Å². The second kappa shape index (κ2) is 6.06. The van der Waals surface area contributed by atoms with Gasteiger partial charge in [-0.05, 0) is 6.92 Å². The molecule has 0 spiro atoms. The molecular formula is C12H11ClN4O3S. The number of non-ortho nitro benzene ring substituents is 1. The van der Waals surface area contributed by atoms with Crippen molar-refractivity contribution in [1.29, 1.82) is 0 Å². The zero-order valence-corrected chi connectivity index (χ0v) is 12.5. The Bertz CT molecular complexity index is 717. The van der Waals surface area contributed by atoms with Crippen molar-refractivity contribution >= 4 is 40.2 Å². The summed E-state index contributed by atoms with van der Waals surface area (Å²) in [5.74, 6) is -0.522. The van der Waals surface area contributed by atoms with Crippen LogP contribution in [0.4, 0.5) is 11.4 Å². The van der Waals surface area contributed by atoms with Gasteiger partial charge < -0.3 is 11.1 Å². The fourth-order valence-electron chi connectivity index (χ4n) is 1.65. The molecule has 0 aliphatic heterocycles. The molecule has 1 amide bonds. The lowest BCUT2D eigenvalue weighted by Crippen LogP contribution is -2.24. The molecular weight excluding hydrogens is 316 g/mol. The van der Waals surface area contributed by atoms with E-state index in [9.17, 15) is 14.9 Å². The lowest BCUT2D eigenvalue weighted by Gasteiger charge is -2.08. The molecule has 0 unspecified atom stereocenters. The highest BCUT2D eigenvalue weighted by Gasteiger charge is 2.19. The van der Waals surface area contributed by atoms with E-state index in [4.69, 9.17) is 17.3 Å². The Morgan fingerprint density at radius 2 is 2.29 bits per heavy atom. The number of halogens is 1. The number of nitrogen functional groups attached to an aromatic ring is 1. The summed E-state index contributed by atoms with van der Waals surface area (Å²) in [6.45, 7) is 2.10. The largest absolute Gasteiger partial charge is 0.397 e. The molecule has 0 saturated heterocycles. The van der Waals surface area contributed by atoms with Crippen LogP contribution >= 0.6 is 22.9 Å². The van der Waals surface area contributed by atoms with Crippen LogP contribution < -0.4 is 11.1 Å². The summed E-state index contributed by atoms with van der Waals surface area (Å²) in [5, 5.41) is 13.4. The summed E-state index contributed by atoms with van der Waals surface area (Å²) < 4.78 is 0. The Hall–Kier alpha value is -2.19. The van der Waals surface area contributed by atoms with Crippen molar-refractivity contribution in [2.75, 3.05) is 5.73 Å². The highest BCUT2D eigenvalue weighted by atomic mass is 35.5. The van der Waals surface area contributed by atoms with E-state index in [0.717, 1.165) is 22.7 Å². The number of nitrogens with two attached hydrogens (primary N) is 1. The molecule has 0 aliphatic rings. The lowest BCUT2D eigenvalue weighted by atomic mass is 10.1. The summed E-state index contributed by atoms with van der Waals surface area (Å²) in [6.07, 6.45) is 0. The summed E-state index contributed by atoms with van der Waals surface area (Å²) in [4.78, 5) is 27.2. The van der Waals surface area contributed by atoms with Gasteiger partial charge in [-0.3, -0.25) is 14.9 Å². The number of carbonyl (C=O) groups is 1. The van der Waals surface area contributed by atoms with Gasteiger partial charge in [0.15, 0.2) is 0 Å². The van der Waals surface area contributed by atoms with E-state index in [1.165, 1.54) is 11.3 Å². The molecule has 0 atom stereocenters. The van der Waals surface area contributed by atoms with Crippen molar-refractivity contribution in [1.82, 2.24) is 10.3 Å². The van der Waals surface area contributed by atoms with Crippen LogP contribution in [0.1, 0.15) is 20.9 Å². The van der Waals surface area contributed by atoms with Crippen molar-refractivity contribution in [3.05, 3.63) is 48.9 Å². The van der Waals surface area contributed by atoms with Crippen molar-refractivity contribution in [2.24, 2.45) is 0 Å². The van der Waals surface area contributed by atoms with Gasteiger partial charge in [-0.2, -0.15) is 0 Å². The third kappa shape index (κ3) is 3.29. The molecule has 9 heteroatoms. The van der Waals surface area contributed by atoms with Crippen molar-refractivity contribution in [3.8, 4) is 0 Å². The fourth-order valence-corrected chi connectivity index (χ4v) is 2.58. The number of nitrogens with one attached hydrogen (secondary N) is 1. The molecule has 0 aliphatic carbocycles. The van der Waals surface area contributed by atoms with E-state index in [2.05, 4.69) is 10.3 Å². The Morgan fingerprint density at radius 1 is 1.57 bits per heavy atom. The second-order valence-electron chi connectivity index (χ2n) is 4.19. The number of nitro groups is 1. The Balaban J connectivity index is 2.22. The zero-order chi connectivity index (χ0) is 15.6. The maximum absolute atomic E-state index is 12.1. The van der Waals surface area contributed by atoms with Crippen molar-refractivity contribution < 1.29 is 9.72 Å². The standard InChI is InChI=1S/C12H11ClN4O3S/c1-6-10(21-5-16-6)4-15-12(18)8-2-7(17(19)20)3-9(13)11(8)14/h2-3,5H,4,14H2,1H3,(H,15,18). The van der Waals surface area contributed by atoms with E-state index in [1.807, 2.05) is 6.92 Å². The van der Waals surface area contributed by atoms with Crippen molar-refractivity contribution in [3.63, 3.8) is 0 Å². The number of thiazole rings is 1. The number of hydrogen-bond acceptors (Lipinski definition) is 6. The van der Waals surface area contributed by atoms with Crippen LogP contribution in [-0.2, 0) is 6.54 Å². The molecule has 1 aromatic heterocycles. The van der Waals surface area contributed by atoms with Crippen LogP contribution in [0.5, 0.6) is 0 Å². The zero-order valence-electron chi connectivity index (χ0n) is 10.9. The van der Waals surface area contributed by atoms with Gasteiger partial charge in [0.25, 0.3) is 11.6 Å². The van der Waals surface area contributed by atoms with Gasteiger partial charge in [-0.25, -0.2) is 4.98 Å². The number of rotatable bonds is 4. The predicted molar refractivity (Wildman–Crippen MR) is 80.5 cm³/mol. The molecule has 2 aromatic rings. The topological polar surface area (TPSA) is 111 Å². The van der Waals surface area contributed by atoms with Crippen LogP contribution in [-0.4, -0.2) is 15.8 Å². The summed E-state index contributed by atoms with van der Waals surface area (Å²) >= 11 is 7.23. The minimum absolute atomic E-state index is 0.0146. The molecule has 110 valence electrons. The molecule has 7 nitrogen and oxygen atoms in total. The summed E-state index contributed by atoms with van der Waals surface area (Å²) in [6, 6.07) is 2.22. The Kier molecular flexibility index (Phi) is 4.39. The first kappa shape index (κ1) is 15.2. The van der Waals surface area contributed by atoms with Gasteiger partial charge >= 0.3 is 0 Å². The fraction of sp³-hybridized carbons (Fsp3) is 0.167. The highest BCUT2D eigenvalue weighted by Crippen LogP contribution is 2.28. The number of aromatic nitrogens is 1. The van der Waals surface area contributed by atoms with E-state index in [0.29, 0.717) is 0 Å². The van der Waals surface area contributed by atoms with Crippen LogP contribution in [0.2, 0.25) is 5.02 Å². The van der Waals surface area contributed by atoms with Crippen LogP contribution in [0, 0.1) is 17.0 Å². The molecule has 0 fully saturated rings. The molecule has 21 heavy (non-hydrogen) atoms. The molecule has 2 rings (SSSR count). The van der Waals surface area contributed by atoms with E-state index >= 15 is 0 Å². The first-order valence-electron chi connectivity index (χ1n) is 5.80. The SMILES string of the molecule is Cc1ncsc1CNC(=O)c1cc([N+](=O)[O-])cc(Cl)c1N. The molecule has 0 saturated carbocycles. The quantitative estimate of drug-likeness (QED) is 0.509. The summed E-state index contributed by atoms with van der Waals surface area (Å²) in [7, 11) is 0. The molecule has 0 bridgehead atoms. The van der Waals surface area contributed by atoms with Gasteiger partial charge in [0.05, 0.1) is 38.9 Å². The highest BCUT2D eigenvalue weighted by molar-refractivity contribution is 7.09. The number of nitro benzene ring substituents is 1. The normalized spacial score (nSPS) is 10.4. The number of nitrogens with zero attached hydrogens (tertiary/aromatic N) is 2. The minimum atomic E-state index is -0.630. The van der Waals surface area contributed by atoms with Gasteiger partial charge in [-0.1, -0.05) is 11.6 Å². The van der Waals surface area contributed by atoms with Crippen LogP contribution in [0.15, 0.2) is 17.6 Å². The maximum atomic E-state index is 12.1. The van der Waals surface area contributed by atoms with Gasteiger partial charge in [-0.15, -0.1) is 11.3 Å². The second-order valence-corrected chi connectivity index (χ2v) is 5.54.